The molecule has 0 bridgehead atoms. The Labute approximate surface area is 192 Å². The number of hydrogen-bond donors (Lipinski definition) is 1. The van der Waals surface area contributed by atoms with E-state index in [2.05, 4.69) is 26.0 Å². The maximum absolute atomic E-state index is 13.2. The largest absolute Gasteiger partial charge is 0.478 e. The van der Waals surface area contributed by atoms with Crippen molar-refractivity contribution in [3.05, 3.63) is 86.6 Å². The van der Waals surface area contributed by atoms with Crippen LogP contribution in [0.2, 0.25) is 0 Å². The fourth-order valence-corrected chi connectivity index (χ4v) is 3.57. The second-order valence-corrected chi connectivity index (χ2v) is 9.21. The Kier molecular flexibility index (Phi) is 5.56. The van der Waals surface area contributed by atoms with Crippen LogP contribution in [0.4, 0.5) is 0 Å². The molecule has 7 nitrogen and oxygen atoms in total. The van der Waals surface area contributed by atoms with E-state index in [1.165, 1.54) is 23.0 Å². The molecule has 0 spiro atoms. The van der Waals surface area contributed by atoms with Gasteiger partial charge in [0.05, 0.1) is 22.7 Å². The van der Waals surface area contributed by atoms with E-state index in [4.69, 9.17) is 9.52 Å². The molecule has 32 heavy (non-hydrogen) atoms. The van der Waals surface area contributed by atoms with Crippen LogP contribution < -0.4 is 5.56 Å². The highest BCUT2D eigenvalue weighted by molar-refractivity contribution is 9.10. The summed E-state index contributed by atoms with van der Waals surface area (Å²) in [5.41, 5.74) is 0.858. The number of carboxylic acid groups (broad SMARTS) is 1. The van der Waals surface area contributed by atoms with Crippen molar-refractivity contribution in [2.24, 2.45) is 5.10 Å². The van der Waals surface area contributed by atoms with Gasteiger partial charge in [-0.25, -0.2) is 9.78 Å². The van der Waals surface area contributed by atoms with Crippen LogP contribution in [-0.2, 0) is 5.41 Å². The Hall–Kier alpha value is -3.52. The van der Waals surface area contributed by atoms with Gasteiger partial charge in [0, 0.05) is 15.5 Å². The molecular formula is C24H20BrN3O4. The zero-order valence-electron chi connectivity index (χ0n) is 17.7. The van der Waals surface area contributed by atoms with Crippen molar-refractivity contribution in [2.75, 3.05) is 0 Å². The van der Waals surface area contributed by atoms with Gasteiger partial charge < -0.3 is 9.52 Å². The summed E-state index contributed by atoms with van der Waals surface area (Å²) in [6.07, 6.45) is 1.47. The summed E-state index contributed by atoms with van der Waals surface area (Å²) in [5, 5.41) is 13.9. The topological polar surface area (TPSA) is 97.7 Å². The molecule has 0 radical (unpaired) electrons. The average molecular weight is 494 g/mol. The number of benzene rings is 2. The third kappa shape index (κ3) is 4.27. The lowest BCUT2D eigenvalue weighted by Crippen LogP contribution is -2.29. The van der Waals surface area contributed by atoms with Gasteiger partial charge in [-0.05, 0) is 42.5 Å². The van der Waals surface area contributed by atoms with E-state index in [9.17, 15) is 9.59 Å². The van der Waals surface area contributed by atoms with E-state index >= 15 is 0 Å². The number of aromatic carboxylic acids is 1. The van der Waals surface area contributed by atoms with E-state index in [0.29, 0.717) is 28.2 Å². The lowest BCUT2D eigenvalue weighted by atomic mass is 9.95. The standard InChI is InChI=1S/C24H20BrN3O4/c1-24(2,3)23-27-19-10-8-16(25)12-18(19)21(29)28(23)26-13-17-9-11-20(32-17)14-4-6-15(7-5-14)22(30)31/h4-13H,1-3H3,(H,30,31). The molecule has 2 aromatic heterocycles. The Morgan fingerprint density at radius 2 is 1.84 bits per heavy atom. The molecule has 0 saturated carbocycles. The van der Waals surface area contributed by atoms with Gasteiger partial charge in [-0.3, -0.25) is 4.79 Å². The molecule has 1 N–H and O–H groups in total. The summed E-state index contributed by atoms with van der Waals surface area (Å²) < 4.78 is 7.91. The SMILES string of the molecule is CC(C)(C)c1nc2ccc(Br)cc2c(=O)n1N=Cc1ccc(-c2ccc(C(=O)O)cc2)o1. The van der Waals surface area contributed by atoms with E-state index in [1.54, 1.807) is 36.4 Å². The van der Waals surface area contributed by atoms with Gasteiger partial charge in [0.1, 0.15) is 17.3 Å². The number of hydrogen-bond acceptors (Lipinski definition) is 5. The van der Waals surface area contributed by atoms with Crippen molar-refractivity contribution in [2.45, 2.75) is 26.2 Å². The third-order valence-corrected chi connectivity index (χ3v) is 5.32. The predicted molar refractivity (Wildman–Crippen MR) is 126 cm³/mol. The summed E-state index contributed by atoms with van der Waals surface area (Å²) in [4.78, 5) is 28.9. The van der Waals surface area contributed by atoms with Gasteiger partial charge >= 0.3 is 5.97 Å². The molecule has 0 aliphatic heterocycles. The van der Waals surface area contributed by atoms with Crippen molar-refractivity contribution >= 4 is 39.0 Å². The second kappa shape index (κ2) is 8.20. The molecular weight excluding hydrogens is 474 g/mol. The lowest BCUT2D eigenvalue weighted by molar-refractivity contribution is 0.0697. The smallest absolute Gasteiger partial charge is 0.335 e. The van der Waals surface area contributed by atoms with Crippen LogP contribution in [0.1, 0.15) is 42.7 Å². The molecule has 4 aromatic rings. The number of furan rings is 1. The fraction of sp³-hybridized carbons (Fsp3) is 0.167. The Morgan fingerprint density at radius 3 is 2.50 bits per heavy atom. The van der Waals surface area contributed by atoms with Crippen molar-refractivity contribution in [1.82, 2.24) is 9.66 Å². The zero-order chi connectivity index (χ0) is 23.0. The first-order valence-corrected chi connectivity index (χ1v) is 10.6. The monoisotopic (exact) mass is 493 g/mol. The molecule has 8 heteroatoms. The Morgan fingerprint density at radius 1 is 1.12 bits per heavy atom. The number of halogens is 1. The first-order valence-electron chi connectivity index (χ1n) is 9.84. The van der Waals surface area contributed by atoms with Crippen molar-refractivity contribution < 1.29 is 14.3 Å². The Bertz CT molecular complexity index is 1410. The minimum Gasteiger partial charge on any atom is -0.478 e. The summed E-state index contributed by atoms with van der Waals surface area (Å²) in [6.45, 7) is 5.91. The Balaban J connectivity index is 1.73. The summed E-state index contributed by atoms with van der Waals surface area (Å²) >= 11 is 3.40. The summed E-state index contributed by atoms with van der Waals surface area (Å²) in [7, 11) is 0. The second-order valence-electron chi connectivity index (χ2n) is 8.29. The lowest BCUT2D eigenvalue weighted by Gasteiger charge is -2.20. The van der Waals surface area contributed by atoms with E-state index in [1.807, 2.05) is 26.8 Å². The minimum absolute atomic E-state index is 0.201. The molecule has 0 amide bonds. The van der Waals surface area contributed by atoms with E-state index in [0.717, 1.165) is 10.0 Å². The molecule has 0 fully saturated rings. The third-order valence-electron chi connectivity index (χ3n) is 4.82. The highest BCUT2D eigenvalue weighted by atomic mass is 79.9. The van der Waals surface area contributed by atoms with Crippen LogP contribution in [-0.4, -0.2) is 27.0 Å². The molecule has 0 aliphatic carbocycles. The minimum atomic E-state index is -0.986. The average Bonchev–Trinajstić information content (AvgIpc) is 3.21. The van der Waals surface area contributed by atoms with Gasteiger partial charge in [-0.15, -0.1) is 0 Å². The van der Waals surface area contributed by atoms with Crippen LogP contribution in [0, 0.1) is 0 Å². The number of carbonyl (C=O) groups is 1. The molecule has 2 heterocycles. The molecule has 4 rings (SSSR count). The van der Waals surface area contributed by atoms with Gasteiger partial charge in [-0.2, -0.15) is 9.78 Å². The fourth-order valence-electron chi connectivity index (χ4n) is 3.21. The maximum atomic E-state index is 13.2. The molecule has 0 atom stereocenters. The van der Waals surface area contributed by atoms with E-state index < -0.39 is 11.4 Å². The van der Waals surface area contributed by atoms with Gasteiger partial charge in [0.2, 0.25) is 0 Å². The van der Waals surface area contributed by atoms with Gasteiger partial charge in [0.15, 0.2) is 0 Å². The summed E-state index contributed by atoms with van der Waals surface area (Å²) in [6, 6.07) is 15.3. The first-order chi connectivity index (χ1) is 15.1. The molecule has 0 unspecified atom stereocenters. The first kappa shape index (κ1) is 21.7. The number of aromatic nitrogens is 2. The van der Waals surface area contributed by atoms with Crippen LogP contribution in [0.5, 0.6) is 0 Å². The van der Waals surface area contributed by atoms with E-state index in [-0.39, 0.29) is 11.1 Å². The quantitative estimate of drug-likeness (QED) is 0.389. The molecule has 0 aliphatic rings. The van der Waals surface area contributed by atoms with Crippen LogP contribution in [0.25, 0.3) is 22.2 Å². The highest BCUT2D eigenvalue weighted by Gasteiger charge is 2.23. The number of nitrogens with zero attached hydrogens (tertiary/aromatic N) is 3. The van der Waals surface area contributed by atoms with Crippen molar-refractivity contribution in [3.8, 4) is 11.3 Å². The zero-order valence-corrected chi connectivity index (χ0v) is 19.3. The van der Waals surface area contributed by atoms with Crippen LogP contribution in [0.3, 0.4) is 0 Å². The summed E-state index contributed by atoms with van der Waals surface area (Å²) in [5.74, 6) is 0.556. The van der Waals surface area contributed by atoms with Crippen molar-refractivity contribution in [3.63, 3.8) is 0 Å². The van der Waals surface area contributed by atoms with Crippen LogP contribution >= 0.6 is 15.9 Å². The highest BCUT2D eigenvalue weighted by Crippen LogP contribution is 2.24. The predicted octanol–water partition coefficient (Wildman–Crippen LogP) is 5.30. The molecule has 162 valence electrons. The van der Waals surface area contributed by atoms with Crippen LogP contribution in [0.15, 0.2) is 73.4 Å². The number of rotatable bonds is 4. The number of carboxylic acids is 1. The number of fused-ring (bicyclic) bond motifs is 1. The van der Waals surface area contributed by atoms with Crippen molar-refractivity contribution in [1.29, 1.82) is 0 Å². The maximum Gasteiger partial charge on any atom is 0.335 e. The van der Waals surface area contributed by atoms with Gasteiger partial charge in [0.25, 0.3) is 5.56 Å². The molecule has 2 aromatic carbocycles. The normalized spacial score (nSPS) is 12.0. The van der Waals surface area contributed by atoms with Gasteiger partial charge in [-0.1, -0.05) is 48.8 Å². The molecule has 0 saturated heterocycles.